The van der Waals surface area contributed by atoms with Gasteiger partial charge in [0.25, 0.3) is 0 Å². The maximum Gasteiger partial charge on any atom is 0.142 e. The van der Waals surface area contributed by atoms with Crippen LogP contribution in [0.5, 0.6) is 0 Å². The van der Waals surface area contributed by atoms with E-state index in [1.165, 1.54) is 51.8 Å². The molecule has 142 valence electrons. The highest BCUT2D eigenvalue weighted by molar-refractivity contribution is 6.04. The number of aryl methyl sites for hydroxylation is 2. The number of oxime groups is 1. The Kier molecular flexibility index (Phi) is 5.29. The number of hydrogen-bond acceptors (Lipinski definition) is 2. The van der Waals surface area contributed by atoms with Crippen LogP contribution in [0.2, 0.25) is 0 Å². The quantitative estimate of drug-likeness (QED) is 0.354. The minimum atomic E-state index is 0.494. The molecule has 0 saturated heterocycles. The van der Waals surface area contributed by atoms with E-state index in [2.05, 4.69) is 86.6 Å². The van der Waals surface area contributed by atoms with Crippen molar-refractivity contribution >= 4 is 5.71 Å². The zero-order valence-electron chi connectivity index (χ0n) is 16.9. The summed E-state index contributed by atoms with van der Waals surface area (Å²) in [5, 5.41) is 4.60. The predicted octanol–water partition coefficient (Wildman–Crippen LogP) is 6.61. The van der Waals surface area contributed by atoms with Gasteiger partial charge in [0.05, 0.1) is 5.71 Å². The molecule has 0 heterocycles. The molecule has 1 fully saturated rings. The van der Waals surface area contributed by atoms with Crippen LogP contribution >= 0.6 is 0 Å². The Morgan fingerprint density at radius 1 is 0.929 bits per heavy atom. The number of benzene rings is 3. The second-order valence-corrected chi connectivity index (χ2v) is 7.80. The van der Waals surface area contributed by atoms with Gasteiger partial charge in [0, 0.05) is 11.5 Å². The number of hydrogen-bond donors (Lipinski definition) is 0. The Morgan fingerprint density at radius 2 is 1.71 bits per heavy atom. The molecule has 28 heavy (non-hydrogen) atoms. The average molecular weight is 370 g/mol. The van der Waals surface area contributed by atoms with Crippen LogP contribution in [-0.2, 0) is 11.4 Å². The zero-order chi connectivity index (χ0) is 19.5. The van der Waals surface area contributed by atoms with E-state index in [1.54, 1.807) is 0 Å². The molecule has 3 aromatic rings. The van der Waals surface area contributed by atoms with Crippen LogP contribution in [0.4, 0.5) is 0 Å². The van der Waals surface area contributed by atoms with Gasteiger partial charge in [0.15, 0.2) is 0 Å². The van der Waals surface area contributed by atoms with Gasteiger partial charge in [-0.3, -0.25) is 0 Å². The third-order valence-corrected chi connectivity index (χ3v) is 5.54. The predicted molar refractivity (Wildman–Crippen MR) is 117 cm³/mol. The average Bonchev–Trinajstić information content (AvgIpc) is 3.53. The van der Waals surface area contributed by atoms with Gasteiger partial charge in [-0.25, -0.2) is 0 Å². The fraction of sp³-hybridized carbons (Fsp3) is 0.269. The standard InChI is InChI=1S/C26H27NO/c1-18-12-15-24(19(2)16-18)26(22-13-14-22)27-28-17-23-10-7-11-25(20(23)3)21-8-5-4-6-9-21/h4-12,15-16,22H,13-14,17H2,1-3H3. The molecule has 3 aromatic carbocycles. The van der Waals surface area contributed by atoms with Crippen LogP contribution in [0, 0.1) is 26.7 Å². The summed E-state index contributed by atoms with van der Waals surface area (Å²) in [7, 11) is 0. The zero-order valence-corrected chi connectivity index (χ0v) is 16.9. The lowest BCUT2D eigenvalue weighted by Crippen LogP contribution is -2.07. The van der Waals surface area contributed by atoms with Gasteiger partial charge >= 0.3 is 0 Å². The molecule has 0 aliphatic heterocycles. The summed E-state index contributed by atoms with van der Waals surface area (Å²) in [6.07, 6.45) is 2.41. The molecule has 0 bridgehead atoms. The van der Waals surface area contributed by atoms with E-state index in [0.29, 0.717) is 12.5 Å². The maximum atomic E-state index is 5.88. The van der Waals surface area contributed by atoms with Crippen LogP contribution in [0.25, 0.3) is 11.1 Å². The van der Waals surface area contributed by atoms with Crippen molar-refractivity contribution in [3.63, 3.8) is 0 Å². The summed E-state index contributed by atoms with van der Waals surface area (Å²) >= 11 is 0. The lowest BCUT2D eigenvalue weighted by molar-refractivity contribution is 0.129. The van der Waals surface area contributed by atoms with Crippen molar-refractivity contribution in [3.05, 3.63) is 94.5 Å². The summed E-state index contributed by atoms with van der Waals surface area (Å²) in [4.78, 5) is 5.88. The van der Waals surface area contributed by atoms with Gasteiger partial charge in [-0.1, -0.05) is 77.4 Å². The summed E-state index contributed by atoms with van der Waals surface area (Å²) < 4.78 is 0. The fourth-order valence-corrected chi connectivity index (χ4v) is 3.74. The van der Waals surface area contributed by atoms with Crippen LogP contribution in [0.3, 0.4) is 0 Å². The number of rotatable bonds is 6. The SMILES string of the molecule is Cc1ccc(C(=NOCc2cccc(-c3ccccc3)c2C)C2CC2)c(C)c1. The largest absolute Gasteiger partial charge is 0.391 e. The van der Waals surface area contributed by atoms with Crippen molar-refractivity contribution in [2.45, 2.75) is 40.2 Å². The van der Waals surface area contributed by atoms with Crippen molar-refractivity contribution in [1.29, 1.82) is 0 Å². The molecule has 0 spiro atoms. The first-order valence-corrected chi connectivity index (χ1v) is 10.0. The second-order valence-electron chi connectivity index (χ2n) is 7.80. The van der Waals surface area contributed by atoms with E-state index in [-0.39, 0.29) is 0 Å². The fourth-order valence-electron chi connectivity index (χ4n) is 3.74. The third-order valence-electron chi connectivity index (χ3n) is 5.54. The Morgan fingerprint density at radius 3 is 2.43 bits per heavy atom. The molecule has 0 N–H and O–H groups in total. The van der Waals surface area contributed by atoms with Crippen molar-refractivity contribution < 1.29 is 4.84 Å². The Hall–Kier alpha value is -2.87. The molecule has 0 amide bonds. The molecular formula is C26H27NO. The highest BCUT2D eigenvalue weighted by Crippen LogP contribution is 2.34. The van der Waals surface area contributed by atoms with E-state index < -0.39 is 0 Å². The van der Waals surface area contributed by atoms with Gasteiger partial charge in [-0.2, -0.15) is 0 Å². The summed E-state index contributed by atoms with van der Waals surface area (Å²) in [6.45, 7) is 6.95. The molecule has 0 unspecified atom stereocenters. The van der Waals surface area contributed by atoms with Crippen molar-refractivity contribution in [1.82, 2.24) is 0 Å². The Balaban J connectivity index is 1.55. The lowest BCUT2D eigenvalue weighted by atomic mass is 9.97. The van der Waals surface area contributed by atoms with Gasteiger partial charge in [-0.05, 0) is 61.4 Å². The molecular weight excluding hydrogens is 342 g/mol. The first-order valence-electron chi connectivity index (χ1n) is 10.0. The van der Waals surface area contributed by atoms with E-state index in [1.807, 2.05) is 6.07 Å². The van der Waals surface area contributed by atoms with Crippen LogP contribution < -0.4 is 0 Å². The highest BCUT2D eigenvalue weighted by Gasteiger charge is 2.30. The van der Waals surface area contributed by atoms with Crippen molar-refractivity contribution in [3.8, 4) is 11.1 Å². The highest BCUT2D eigenvalue weighted by atomic mass is 16.6. The van der Waals surface area contributed by atoms with Crippen LogP contribution in [0.1, 0.15) is 40.7 Å². The minimum Gasteiger partial charge on any atom is -0.391 e. The second kappa shape index (κ2) is 8.02. The molecule has 2 nitrogen and oxygen atoms in total. The Labute approximate surface area is 167 Å². The molecule has 0 radical (unpaired) electrons. The topological polar surface area (TPSA) is 21.6 Å². The normalized spacial score (nSPS) is 14.2. The molecule has 0 aromatic heterocycles. The first-order chi connectivity index (χ1) is 13.6. The molecule has 0 atom stereocenters. The summed E-state index contributed by atoms with van der Waals surface area (Å²) in [6, 6.07) is 23.5. The van der Waals surface area contributed by atoms with Gasteiger partial charge in [-0.15, -0.1) is 0 Å². The van der Waals surface area contributed by atoms with Gasteiger partial charge in [0.2, 0.25) is 0 Å². The molecule has 4 rings (SSSR count). The van der Waals surface area contributed by atoms with Crippen molar-refractivity contribution in [2.75, 3.05) is 0 Å². The van der Waals surface area contributed by atoms with Crippen LogP contribution in [0.15, 0.2) is 71.9 Å². The Bertz CT molecular complexity index is 1000. The molecule has 1 saturated carbocycles. The van der Waals surface area contributed by atoms with Crippen LogP contribution in [-0.4, -0.2) is 5.71 Å². The van der Waals surface area contributed by atoms with E-state index >= 15 is 0 Å². The first kappa shape index (κ1) is 18.5. The smallest absolute Gasteiger partial charge is 0.142 e. The summed E-state index contributed by atoms with van der Waals surface area (Å²) in [5.74, 6) is 0.540. The summed E-state index contributed by atoms with van der Waals surface area (Å²) in [5.41, 5.74) is 9.81. The molecule has 2 heteroatoms. The van der Waals surface area contributed by atoms with E-state index in [4.69, 9.17) is 4.84 Å². The minimum absolute atomic E-state index is 0.494. The monoisotopic (exact) mass is 369 g/mol. The van der Waals surface area contributed by atoms with Gasteiger partial charge < -0.3 is 4.84 Å². The maximum absolute atomic E-state index is 5.88. The van der Waals surface area contributed by atoms with E-state index in [0.717, 1.165) is 5.71 Å². The number of nitrogens with zero attached hydrogens (tertiary/aromatic N) is 1. The third kappa shape index (κ3) is 4.01. The van der Waals surface area contributed by atoms with Crippen molar-refractivity contribution in [2.24, 2.45) is 11.1 Å². The van der Waals surface area contributed by atoms with Gasteiger partial charge in [0.1, 0.15) is 6.61 Å². The molecule has 1 aliphatic rings. The van der Waals surface area contributed by atoms with E-state index in [9.17, 15) is 0 Å². The lowest BCUT2D eigenvalue weighted by Gasteiger charge is -2.12. The molecule has 1 aliphatic carbocycles.